The van der Waals surface area contributed by atoms with E-state index in [1.165, 1.54) is 4.68 Å². The van der Waals surface area contributed by atoms with Crippen LogP contribution in [0.4, 0.5) is 4.79 Å². The molecule has 1 heterocycles. The molecule has 0 aromatic carbocycles. The fraction of sp³-hybridized carbons (Fsp3) is 0.375. The summed E-state index contributed by atoms with van der Waals surface area (Å²) >= 11 is 2.09. The highest BCUT2D eigenvalue weighted by Gasteiger charge is 2.07. The van der Waals surface area contributed by atoms with Gasteiger partial charge in [0.25, 0.3) is 0 Å². The average Bonchev–Trinajstić information content (AvgIpc) is 2.51. The monoisotopic (exact) mass is 322 g/mol. The number of urea groups is 1. The van der Waals surface area contributed by atoms with E-state index in [1.807, 2.05) is 0 Å². The highest BCUT2D eigenvalue weighted by molar-refractivity contribution is 14.1. The lowest BCUT2D eigenvalue weighted by atomic mass is 10.6. The van der Waals surface area contributed by atoms with Gasteiger partial charge in [0, 0.05) is 12.7 Å². The molecule has 0 unspecified atom stereocenters. The first-order valence-corrected chi connectivity index (χ1v) is 5.45. The molecular weight excluding hydrogens is 311 g/mol. The summed E-state index contributed by atoms with van der Waals surface area (Å²) in [6.45, 7) is 2.30. The number of nitrogens with zero attached hydrogens (tertiary/aromatic N) is 2. The summed E-state index contributed by atoms with van der Waals surface area (Å²) in [6.07, 6.45) is 3.36. The van der Waals surface area contributed by atoms with E-state index in [0.717, 1.165) is 3.57 Å². The molecule has 0 aliphatic carbocycles. The van der Waals surface area contributed by atoms with E-state index in [9.17, 15) is 9.59 Å². The second-order valence-electron chi connectivity index (χ2n) is 2.76. The number of carbonyl (C=O) groups excluding carboxylic acids is 2. The zero-order valence-corrected chi connectivity index (χ0v) is 10.3. The van der Waals surface area contributed by atoms with Crippen LogP contribution in [0.15, 0.2) is 12.4 Å². The molecule has 0 aliphatic rings. The zero-order chi connectivity index (χ0) is 11.3. The number of carbonyl (C=O) groups is 2. The molecule has 0 fully saturated rings. The number of rotatable bonds is 3. The standard InChI is InChI=1S/C8H11IN4O2/c1-2-10-8(15)12-7(14)5-13-4-6(9)3-11-13/h3-4H,2,5H2,1H3,(H2,10,12,14,15). The second kappa shape index (κ2) is 5.69. The molecule has 1 rings (SSSR count). The van der Waals surface area contributed by atoms with Gasteiger partial charge in [-0.3, -0.25) is 14.8 Å². The van der Waals surface area contributed by atoms with Gasteiger partial charge in [-0.25, -0.2) is 4.79 Å². The van der Waals surface area contributed by atoms with Crippen molar-refractivity contribution in [1.82, 2.24) is 20.4 Å². The Morgan fingerprint density at radius 1 is 1.60 bits per heavy atom. The third-order valence-corrected chi connectivity index (χ3v) is 2.05. The Bertz CT molecular complexity index is 363. The van der Waals surface area contributed by atoms with Crippen LogP contribution in [-0.2, 0) is 11.3 Å². The van der Waals surface area contributed by atoms with Gasteiger partial charge >= 0.3 is 6.03 Å². The van der Waals surface area contributed by atoms with Gasteiger partial charge in [0.1, 0.15) is 6.54 Å². The van der Waals surface area contributed by atoms with E-state index in [1.54, 1.807) is 19.3 Å². The summed E-state index contributed by atoms with van der Waals surface area (Å²) in [5.41, 5.74) is 0. The molecule has 0 saturated heterocycles. The Hall–Kier alpha value is -1.12. The van der Waals surface area contributed by atoms with Gasteiger partial charge in [-0.15, -0.1) is 0 Å². The van der Waals surface area contributed by atoms with Crippen molar-refractivity contribution in [2.24, 2.45) is 0 Å². The summed E-state index contributed by atoms with van der Waals surface area (Å²) in [4.78, 5) is 22.2. The Kier molecular flexibility index (Phi) is 4.53. The van der Waals surface area contributed by atoms with E-state index in [0.29, 0.717) is 6.54 Å². The fourth-order valence-corrected chi connectivity index (χ4v) is 1.39. The first kappa shape index (κ1) is 12.0. The van der Waals surface area contributed by atoms with Crippen LogP contribution in [0.3, 0.4) is 0 Å². The minimum Gasteiger partial charge on any atom is -0.338 e. The number of halogens is 1. The molecule has 0 spiro atoms. The van der Waals surface area contributed by atoms with Crippen molar-refractivity contribution < 1.29 is 9.59 Å². The van der Waals surface area contributed by atoms with Crippen LogP contribution in [0.2, 0.25) is 0 Å². The van der Waals surface area contributed by atoms with Crippen molar-refractivity contribution in [2.75, 3.05) is 6.54 Å². The van der Waals surface area contributed by atoms with Crippen molar-refractivity contribution in [3.8, 4) is 0 Å². The summed E-state index contributed by atoms with van der Waals surface area (Å²) in [7, 11) is 0. The topological polar surface area (TPSA) is 76.0 Å². The predicted molar refractivity (Wildman–Crippen MR) is 62.2 cm³/mol. The Labute approximate surface area is 101 Å². The Morgan fingerprint density at radius 3 is 2.87 bits per heavy atom. The number of aromatic nitrogens is 2. The molecule has 0 saturated carbocycles. The van der Waals surface area contributed by atoms with Crippen LogP contribution in [0, 0.1) is 3.57 Å². The summed E-state index contributed by atoms with van der Waals surface area (Å²) in [6, 6.07) is -0.482. The minimum atomic E-state index is -0.482. The molecule has 0 atom stereocenters. The van der Waals surface area contributed by atoms with Crippen molar-refractivity contribution in [1.29, 1.82) is 0 Å². The van der Waals surface area contributed by atoms with Gasteiger partial charge in [-0.2, -0.15) is 5.10 Å². The number of amides is 3. The van der Waals surface area contributed by atoms with Crippen LogP contribution in [0.5, 0.6) is 0 Å². The van der Waals surface area contributed by atoms with Crippen LogP contribution < -0.4 is 10.6 Å². The number of hydrogen-bond donors (Lipinski definition) is 2. The number of imide groups is 1. The second-order valence-corrected chi connectivity index (χ2v) is 4.01. The number of hydrogen-bond acceptors (Lipinski definition) is 3. The average molecular weight is 322 g/mol. The fourth-order valence-electron chi connectivity index (χ4n) is 0.943. The van der Waals surface area contributed by atoms with Crippen molar-refractivity contribution in [2.45, 2.75) is 13.5 Å². The molecule has 0 radical (unpaired) electrons. The van der Waals surface area contributed by atoms with Crippen LogP contribution in [0.1, 0.15) is 6.92 Å². The molecule has 82 valence electrons. The maximum Gasteiger partial charge on any atom is 0.321 e. The van der Waals surface area contributed by atoms with E-state index in [-0.39, 0.29) is 12.5 Å². The molecular formula is C8H11IN4O2. The lowest BCUT2D eigenvalue weighted by molar-refractivity contribution is -0.120. The zero-order valence-electron chi connectivity index (χ0n) is 8.16. The quantitative estimate of drug-likeness (QED) is 0.788. The molecule has 1 aromatic heterocycles. The molecule has 0 bridgehead atoms. The third kappa shape index (κ3) is 4.28. The first-order valence-electron chi connectivity index (χ1n) is 4.37. The lowest BCUT2D eigenvalue weighted by Crippen LogP contribution is -2.40. The Morgan fingerprint density at radius 2 is 2.33 bits per heavy atom. The molecule has 3 amide bonds. The third-order valence-electron chi connectivity index (χ3n) is 1.50. The van der Waals surface area contributed by atoms with Gasteiger partial charge < -0.3 is 5.32 Å². The molecule has 6 nitrogen and oxygen atoms in total. The van der Waals surface area contributed by atoms with Gasteiger partial charge in [-0.1, -0.05) is 0 Å². The first-order chi connectivity index (χ1) is 7.11. The van der Waals surface area contributed by atoms with Gasteiger partial charge in [0.05, 0.1) is 9.77 Å². The Balaban J connectivity index is 2.39. The molecule has 2 N–H and O–H groups in total. The summed E-state index contributed by atoms with van der Waals surface area (Å²) in [5.74, 6) is -0.388. The van der Waals surface area contributed by atoms with Crippen LogP contribution in [0.25, 0.3) is 0 Å². The van der Waals surface area contributed by atoms with Gasteiger partial charge in [-0.05, 0) is 29.5 Å². The largest absolute Gasteiger partial charge is 0.338 e. The smallest absolute Gasteiger partial charge is 0.321 e. The van der Waals surface area contributed by atoms with Gasteiger partial charge in [0.15, 0.2) is 0 Å². The normalized spacial score (nSPS) is 9.73. The SMILES string of the molecule is CCNC(=O)NC(=O)Cn1cc(I)cn1. The maximum atomic E-state index is 11.3. The van der Waals surface area contributed by atoms with Crippen LogP contribution >= 0.6 is 22.6 Å². The molecule has 15 heavy (non-hydrogen) atoms. The molecule has 0 aliphatic heterocycles. The lowest BCUT2D eigenvalue weighted by Gasteiger charge is -2.04. The van der Waals surface area contributed by atoms with Crippen molar-refractivity contribution >= 4 is 34.5 Å². The minimum absolute atomic E-state index is 0.0418. The summed E-state index contributed by atoms with van der Waals surface area (Å²) in [5, 5.41) is 8.58. The van der Waals surface area contributed by atoms with Crippen LogP contribution in [-0.4, -0.2) is 28.3 Å². The highest BCUT2D eigenvalue weighted by atomic mass is 127. The van der Waals surface area contributed by atoms with E-state index in [2.05, 4.69) is 38.3 Å². The van der Waals surface area contributed by atoms with Gasteiger partial charge in [0.2, 0.25) is 5.91 Å². The van der Waals surface area contributed by atoms with Crippen molar-refractivity contribution in [3.63, 3.8) is 0 Å². The van der Waals surface area contributed by atoms with E-state index < -0.39 is 6.03 Å². The molecule has 7 heteroatoms. The predicted octanol–water partition coefficient (Wildman–Crippen LogP) is 0.333. The van der Waals surface area contributed by atoms with E-state index >= 15 is 0 Å². The summed E-state index contributed by atoms with van der Waals surface area (Å²) < 4.78 is 2.41. The van der Waals surface area contributed by atoms with E-state index in [4.69, 9.17) is 0 Å². The maximum absolute atomic E-state index is 11.3. The molecule has 1 aromatic rings. The number of nitrogens with one attached hydrogen (secondary N) is 2. The van der Waals surface area contributed by atoms with Crippen molar-refractivity contribution in [3.05, 3.63) is 16.0 Å². The highest BCUT2D eigenvalue weighted by Crippen LogP contribution is 2.00.